The van der Waals surface area contributed by atoms with Crippen LogP contribution in [0.3, 0.4) is 0 Å². The Labute approximate surface area is 203 Å². The highest BCUT2D eigenvalue weighted by Crippen LogP contribution is 2.27. The normalized spacial score (nSPS) is 18.7. The van der Waals surface area contributed by atoms with E-state index in [2.05, 4.69) is 4.99 Å². The fourth-order valence-electron chi connectivity index (χ4n) is 4.20. The molecule has 1 amide bonds. The number of rotatable bonds is 6. The van der Waals surface area contributed by atoms with Gasteiger partial charge in [0.05, 0.1) is 18.0 Å². The van der Waals surface area contributed by atoms with E-state index in [1.54, 1.807) is 24.3 Å². The van der Waals surface area contributed by atoms with Crippen LogP contribution < -0.4 is 16.0 Å². The van der Waals surface area contributed by atoms with Crippen molar-refractivity contribution >= 4 is 28.4 Å². The van der Waals surface area contributed by atoms with Crippen LogP contribution in [0.1, 0.15) is 45.6 Å². The Morgan fingerprint density at radius 3 is 2.32 bits per heavy atom. The van der Waals surface area contributed by atoms with Crippen molar-refractivity contribution in [2.45, 2.75) is 52.1 Å². The first-order valence-corrected chi connectivity index (χ1v) is 12.4. The number of aromatic hydroxyl groups is 1. The number of nitrogens with zero attached hydrogens (tertiary/aromatic N) is 4. The number of aromatic nitrogens is 2. The molecule has 10 heteroatoms. The minimum atomic E-state index is -0.676. The number of benzene rings is 1. The van der Waals surface area contributed by atoms with Crippen molar-refractivity contribution in [3.8, 4) is 11.6 Å². The van der Waals surface area contributed by atoms with Gasteiger partial charge in [-0.25, -0.2) is 9.79 Å². The number of likely N-dealkylation sites (tertiary alicyclic amines) is 1. The monoisotopic (exact) mass is 488 g/mol. The summed E-state index contributed by atoms with van der Waals surface area (Å²) >= 11 is 1.08. The quantitative estimate of drug-likeness (QED) is 0.495. The Balaban J connectivity index is 2.01. The van der Waals surface area contributed by atoms with Crippen LogP contribution in [0.5, 0.6) is 11.6 Å². The summed E-state index contributed by atoms with van der Waals surface area (Å²) in [5.41, 5.74) is -0.918. The lowest BCUT2D eigenvalue weighted by Crippen LogP contribution is -2.48. The number of piperidine rings is 1. The van der Waals surface area contributed by atoms with Crippen molar-refractivity contribution in [2.24, 2.45) is 19.1 Å². The summed E-state index contributed by atoms with van der Waals surface area (Å²) in [5, 5.41) is 10.9. The van der Waals surface area contributed by atoms with Crippen molar-refractivity contribution < 1.29 is 14.6 Å². The van der Waals surface area contributed by atoms with Crippen LogP contribution >= 0.6 is 11.8 Å². The average Bonchev–Trinajstić information content (AvgIpc) is 2.81. The molecule has 0 bridgehead atoms. The zero-order chi connectivity index (χ0) is 25.0. The number of carbonyl (C=O) groups excluding carboxylic acids is 1. The van der Waals surface area contributed by atoms with Crippen LogP contribution in [0.25, 0.3) is 0 Å². The topological polar surface area (TPSA) is 106 Å². The minimum absolute atomic E-state index is 0.0507. The van der Waals surface area contributed by atoms with E-state index in [0.717, 1.165) is 40.2 Å². The molecule has 2 heterocycles. The molecule has 0 radical (unpaired) electrons. The molecule has 0 unspecified atom stereocenters. The van der Waals surface area contributed by atoms with Gasteiger partial charge in [0, 0.05) is 26.2 Å². The predicted molar refractivity (Wildman–Crippen MR) is 134 cm³/mol. The van der Waals surface area contributed by atoms with Crippen LogP contribution in [0, 0.1) is 0 Å². The van der Waals surface area contributed by atoms with Crippen molar-refractivity contribution in [1.29, 1.82) is 0 Å². The molecule has 184 valence electrons. The van der Waals surface area contributed by atoms with Gasteiger partial charge in [-0.05, 0) is 64.3 Å². The lowest BCUT2D eigenvalue weighted by Gasteiger charge is -2.39. The SMILES string of the molecule is CCOc1ccc(N=C(SCC(=O)N2[C@@H](C)CCC[C@@H]2C)c2c(O)n(C)c(=O)n(C)c2=O)cc1. The molecule has 1 fully saturated rings. The fraction of sp³-hybridized carbons (Fsp3) is 0.500. The van der Waals surface area contributed by atoms with E-state index in [4.69, 9.17) is 4.74 Å². The molecule has 9 nitrogen and oxygen atoms in total. The van der Waals surface area contributed by atoms with Gasteiger partial charge in [0.1, 0.15) is 16.4 Å². The molecule has 1 saturated heterocycles. The molecular weight excluding hydrogens is 456 g/mol. The first-order chi connectivity index (χ1) is 16.1. The van der Waals surface area contributed by atoms with Crippen molar-refractivity contribution in [1.82, 2.24) is 14.0 Å². The molecule has 1 aromatic carbocycles. The molecule has 34 heavy (non-hydrogen) atoms. The minimum Gasteiger partial charge on any atom is -0.494 e. The lowest BCUT2D eigenvalue weighted by atomic mass is 9.98. The second-order valence-electron chi connectivity index (χ2n) is 8.47. The van der Waals surface area contributed by atoms with Gasteiger partial charge in [-0.1, -0.05) is 11.8 Å². The summed E-state index contributed by atoms with van der Waals surface area (Å²) < 4.78 is 7.37. The summed E-state index contributed by atoms with van der Waals surface area (Å²) in [4.78, 5) is 44.8. The zero-order valence-electron chi connectivity index (χ0n) is 20.3. The Hall–Kier alpha value is -3.01. The number of ether oxygens (including phenoxy) is 1. The molecule has 1 aliphatic heterocycles. The largest absolute Gasteiger partial charge is 0.494 e. The number of carbonyl (C=O) groups is 1. The van der Waals surface area contributed by atoms with Crippen molar-refractivity contribution in [2.75, 3.05) is 12.4 Å². The molecule has 1 aromatic heterocycles. The molecule has 0 saturated carbocycles. The fourth-order valence-corrected chi connectivity index (χ4v) is 5.10. The second kappa shape index (κ2) is 10.9. The summed E-state index contributed by atoms with van der Waals surface area (Å²) in [5.74, 6) is 0.193. The number of aliphatic imine (C=N–C) groups is 1. The summed E-state index contributed by atoms with van der Waals surface area (Å²) in [6, 6.07) is 7.25. The molecule has 2 atom stereocenters. The van der Waals surface area contributed by atoms with E-state index in [9.17, 15) is 19.5 Å². The molecule has 3 rings (SSSR count). The van der Waals surface area contributed by atoms with Gasteiger partial charge in [0.2, 0.25) is 11.8 Å². The van der Waals surface area contributed by atoms with Gasteiger partial charge in [-0.2, -0.15) is 0 Å². The number of hydrogen-bond acceptors (Lipinski definition) is 7. The lowest BCUT2D eigenvalue weighted by molar-refractivity contribution is -0.134. The number of thioether (sulfide) groups is 1. The highest BCUT2D eigenvalue weighted by Gasteiger charge is 2.30. The number of hydrogen-bond donors (Lipinski definition) is 1. The van der Waals surface area contributed by atoms with Crippen molar-refractivity contribution in [3.63, 3.8) is 0 Å². The zero-order valence-corrected chi connectivity index (χ0v) is 21.1. The van der Waals surface area contributed by atoms with E-state index in [0.29, 0.717) is 18.0 Å². The standard InChI is InChI=1S/C24H32N4O5S/c1-6-33-18-12-10-17(11-13-18)25-21(20-22(30)26(4)24(32)27(5)23(20)31)34-14-19(29)28-15(2)8-7-9-16(28)3/h10-13,15-16,30H,6-9,14H2,1-5H3/t15-,16-/m0/s1. The highest BCUT2D eigenvalue weighted by atomic mass is 32.2. The molecule has 2 aromatic rings. The van der Waals surface area contributed by atoms with E-state index in [1.165, 1.54) is 14.1 Å². The van der Waals surface area contributed by atoms with Crippen LogP contribution in [-0.4, -0.2) is 54.5 Å². The molecule has 0 aliphatic carbocycles. The van der Waals surface area contributed by atoms with E-state index < -0.39 is 17.1 Å². The third-order valence-electron chi connectivity index (χ3n) is 6.04. The Kier molecular flexibility index (Phi) is 8.24. The second-order valence-corrected chi connectivity index (χ2v) is 9.43. The van der Waals surface area contributed by atoms with Crippen LogP contribution in [0.15, 0.2) is 38.8 Å². The molecule has 0 spiro atoms. The third-order valence-corrected chi connectivity index (χ3v) is 7.00. The first kappa shape index (κ1) is 25.6. The summed E-state index contributed by atoms with van der Waals surface area (Å²) in [6.45, 7) is 6.50. The van der Waals surface area contributed by atoms with Gasteiger partial charge in [0.25, 0.3) is 5.56 Å². The maximum absolute atomic E-state index is 13.1. The van der Waals surface area contributed by atoms with Crippen LogP contribution in [0.4, 0.5) is 5.69 Å². The van der Waals surface area contributed by atoms with Gasteiger partial charge >= 0.3 is 5.69 Å². The Morgan fingerprint density at radius 1 is 1.12 bits per heavy atom. The highest BCUT2D eigenvalue weighted by molar-refractivity contribution is 8.15. The third kappa shape index (κ3) is 5.38. The maximum atomic E-state index is 13.1. The van der Waals surface area contributed by atoms with Crippen LogP contribution in [-0.2, 0) is 18.9 Å². The van der Waals surface area contributed by atoms with E-state index in [1.807, 2.05) is 25.7 Å². The van der Waals surface area contributed by atoms with Gasteiger partial charge in [0.15, 0.2) is 0 Å². The van der Waals surface area contributed by atoms with Gasteiger partial charge in [-0.3, -0.25) is 18.7 Å². The van der Waals surface area contributed by atoms with Gasteiger partial charge < -0.3 is 14.7 Å². The average molecular weight is 489 g/mol. The van der Waals surface area contributed by atoms with Crippen LogP contribution in [0.2, 0.25) is 0 Å². The summed E-state index contributed by atoms with van der Waals surface area (Å²) in [7, 11) is 2.72. The van der Waals surface area contributed by atoms with E-state index in [-0.39, 0.29) is 34.4 Å². The Morgan fingerprint density at radius 2 is 1.74 bits per heavy atom. The molecule has 1 aliphatic rings. The van der Waals surface area contributed by atoms with Gasteiger partial charge in [-0.15, -0.1) is 0 Å². The Bertz CT molecular complexity index is 1180. The van der Waals surface area contributed by atoms with Crippen molar-refractivity contribution in [3.05, 3.63) is 50.7 Å². The molecular formula is C24H32N4O5S. The number of amides is 1. The smallest absolute Gasteiger partial charge is 0.333 e. The molecule has 1 N–H and O–H groups in total. The van der Waals surface area contributed by atoms with E-state index >= 15 is 0 Å². The maximum Gasteiger partial charge on any atom is 0.333 e. The first-order valence-electron chi connectivity index (χ1n) is 11.4. The predicted octanol–water partition coefficient (Wildman–Crippen LogP) is 2.79. The summed E-state index contributed by atoms with van der Waals surface area (Å²) in [6.07, 6.45) is 3.00.